The highest BCUT2D eigenvalue weighted by Gasteiger charge is 2.33. The molecule has 1 aromatic carbocycles. The molecule has 2 fully saturated rings. The summed E-state index contributed by atoms with van der Waals surface area (Å²) in [6, 6.07) is 8.06. The van der Waals surface area contributed by atoms with Crippen molar-refractivity contribution in [2.75, 3.05) is 26.7 Å². The number of hydrogen-bond donors (Lipinski definition) is 1. The van der Waals surface area contributed by atoms with Crippen molar-refractivity contribution >= 4 is 5.91 Å². The Hall–Kier alpha value is -2.34. The molecule has 0 saturated carbocycles. The first kappa shape index (κ1) is 18.0. The van der Waals surface area contributed by atoms with Gasteiger partial charge in [-0.25, -0.2) is 0 Å². The molecule has 2 aromatic rings. The molecule has 2 aliphatic heterocycles. The lowest BCUT2D eigenvalue weighted by Gasteiger charge is -2.44. The van der Waals surface area contributed by atoms with Crippen LogP contribution in [0.3, 0.4) is 0 Å². The number of ether oxygens (including phenoxy) is 1. The van der Waals surface area contributed by atoms with Gasteiger partial charge in [0.2, 0.25) is 0 Å². The van der Waals surface area contributed by atoms with Crippen molar-refractivity contribution in [3.63, 3.8) is 0 Å². The number of nitrogens with one attached hydrogen (secondary N) is 1. The summed E-state index contributed by atoms with van der Waals surface area (Å²) in [6.45, 7) is 3.14. The van der Waals surface area contributed by atoms with Crippen molar-refractivity contribution in [2.24, 2.45) is 5.92 Å². The molecule has 1 amide bonds. The number of nitrogens with zero attached hydrogens (tertiary/aromatic N) is 2. The van der Waals surface area contributed by atoms with Crippen LogP contribution in [0.4, 0.5) is 0 Å². The first-order valence-electron chi connectivity index (χ1n) is 9.87. The zero-order valence-electron chi connectivity index (χ0n) is 15.8. The number of amides is 1. The molecule has 144 valence electrons. The average Bonchev–Trinajstić information content (AvgIpc) is 3.22. The normalized spacial score (nSPS) is 22.9. The summed E-state index contributed by atoms with van der Waals surface area (Å²) in [5.41, 5.74) is 1.30. The van der Waals surface area contributed by atoms with Gasteiger partial charge in [-0.15, -0.1) is 0 Å². The highest BCUT2D eigenvalue weighted by Crippen LogP contribution is 2.31. The minimum absolute atomic E-state index is 0.116. The van der Waals surface area contributed by atoms with Crippen LogP contribution < -0.4 is 10.1 Å². The van der Waals surface area contributed by atoms with Crippen LogP contribution in [0.15, 0.2) is 35.0 Å². The van der Waals surface area contributed by atoms with Crippen molar-refractivity contribution in [3.8, 4) is 17.1 Å². The third-order valence-electron chi connectivity index (χ3n) is 5.92. The smallest absolute Gasteiger partial charge is 0.256 e. The second-order valence-corrected chi connectivity index (χ2v) is 7.51. The second kappa shape index (κ2) is 8.13. The Morgan fingerprint density at radius 3 is 2.85 bits per heavy atom. The zero-order valence-corrected chi connectivity index (χ0v) is 15.8. The summed E-state index contributed by atoms with van der Waals surface area (Å²) >= 11 is 0. The van der Waals surface area contributed by atoms with Gasteiger partial charge >= 0.3 is 0 Å². The lowest BCUT2D eigenvalue weighted by molar-refractivity contribution is 0.0575. The molecule has 1 N–H and O–H groups in total. The van der Waals surface area contributed by atoms with Crippen LogP contribution in [0.5, 0.6) is 5.75 Å². The molecular weight excluding hydrogens is 342 g/mol. The summed E-state index contributed by atoms with van der Waals surface area (Å²) in [6.07, 6.45) is 7.78. The minimum atomic E-state index is -0.116. The summed E-state index contributed by atoms with van der Waals surface area (Å²) in [4.78, 5) is 15.4. The maximum absolute atomic E-state index is 12.8. The van der Waals surface area contributed by atoms with E-state index in [2.05, 4.69) is 15.4 Å². The van der Waals surface area contributed by atoms with Crippen molar-refractivity contribution in [1.29, 1.82) is 0 Å². The van der Waals surface area contributed by atoms with E-state index < -0.39 is 0 Å². The SMILES string of the molecule is COc1ccc(-c2oncc2C(=O)NCC2CCCN3CCCCC23)cc1. The number of benzene rings is 1. The van der Waals surface area contributed by atoms with Crippen molar-refractivity contribution in [1.82, 2.24) is 15.4 Å². The predicted molar refractivity (Wildman–Crippen MR) is 103 cm³/mol. The van der Waals surface area contributed by atoms with Gasteiger partial charge in [0.05, 0.1) is 13.3 Å². The van der Waals surface area contributed by atoms with E-state index in [-0.39, 0.29) is 5.91 Å². The highest BCUT2D eigenvalue weighted by atomic mass is 16.5. The molecule has 0 spiro atoms. The van der Waals surface area contributed by atoms with Crippen LogP contribution in [0.1, 0.15) is 42.5 Å². The minimum Gasteiger partial charge on any atom is -0.497 e. The number of hydrogen-bond acceptors (Lipinski definition) is 5. The van der Waals surface area contributed by atoms with Crippen LogP contribution in [-0.2, 0) is 0 Å². The van der Waals surface area contributed by atoms with Gasteiger partial charge in [-0.05, 0) is 69.0 Å². The molecular formula is C21H27N3O3. The summed E-state index contributed by atoms with van der Waals surface area (Å²) in [5.74, 6) is 1.68. The molecule has 2 unspecified atom stereocenters. The maximum atomic E-state index is 12.8. The molecule has 0 aliphatic carbocycles. The summed E-state index contributed by atoms with van der Waals surface area (Å²) in [5, 5.41) is 6.98. The van der Waals surface area contributed by atoms with Gasteiger partial charge in [0, 0.05) is 18.2 Å². The van der Waals surface area contributed by atoms with Crippen molar-refractivity contribution in [2.45, 2.75) is 38.1 Å². The molecule has 2 aliphatic rings. The van der Waals surface area contributed by atoms with Crippen LogP contribution in [-0.4, -0.2) is 48.7 Å². The molecule has 1 aromatic heterocycles. The zero-order chi connectivity index (χ0) is 18.6. The van der Waals surface area contributed by atoms with E-state index in [1.54, 1.807) is 7.11 Å². The van der Waals surface area contributed by atoms with E-state index in [4.69, 9.17) is 9.26 Å². The standard InChI is InChI=1S/C21H27N3O3/c1-26-17-9-7-15(8-10-17)20-18(14-23-27-20)21(25)22-13-16-5-4-12-24-11-3-2-6-19(16)24/h7-10,14,16,19H,2-6,11-13H2,1H3,(H,22,25). The van der Waals surface area contributed by atoms with E-state index in [9.17, 15) is 4.79 Å². The summed E-state index contributed by atoms with van der Waals surface area (Å²) in [7, 11) is 1.63. The quantitative estimate of drug-likeness (QED) is 0.875. The number of methoxy groups -OCH3 is 1. The Morgan fingerprint density at radius 2 is 2.04 bits per heavy atom. The largest absolute Gasteiger partial charge is 0.497 e. The van der Waals surface area contributed by atoms with Gasteiger partial charge in [0.15, 0.2) is 5.76 Å². The lowest BCUT2D eigenvalue weighted by Crippen LogP contribution is -2.51. The average molecular weight is 369 g/mol. The topological polar surface area (TPSA) is 67.6 Å². The van der Waals surface area contributed by atoms with Crippen LogP contribution in [0, 0.1) is 5.92 Å². The number of carbonyl (C=O) groups is 1. The fraction of sp³-hybridized carbons (Fsp3) is 0.524. The Kier molecular flexibility index (Phi) is 5.43. The van der Waals surface area contributed by atoms with Crippen molar-refractivity contribution < 1.29 is 14.1 Å². The molecule has 6 heteroatoms. The third kappa shape index (κ3) is 3.86. The van der Waals surface area contributed by atoms with Crippen LogP contribution >= 0.6 is 0 Å². The fourth-order valence-corrected chi connectivity index (χ4v) is 4.49. The fourth-order valence-electron chi connectivity index (χ4n) is 4.49. The monoisotopic (exact) mass is 369 g/mol. The van der Waals surface area contributed by atoms with Crippen molar-refractivity contribution in [3.05, 3.63) is 36.0 Å². The van der Waals surface area contributed by atoms with Gasteiger partial charge in [0.25, 0.3) is 5.91 Å². The Balaban J connectivity index is 1.42. The molecule has 6 nitrogen and oxygen atoms in total. The van der Waals surface area contributed by atoms with E-state index in [1.807, 2.05) is 24.3 Å². The van der Waals surface area contributed by atoms with Gasteiger partial charge in [0.1, 0.15) is 11.3 Å². The number of fused-ring (bicyclic) bond motifs is 1. The van der Waals surface area contributed by atoms with Gasteiger partial charge in [-0.2, -0.15) is 0 Å². The number of carbonyl (C=O) groups excluding carboxylic acids is 1. The van der Waals surface area contributed by atoms with Gasteiger partial charge in [-0.3, -0.25) is 4.79 Å². The Labute approximate surface area is 159 Å². The number of aromatic nitrogens is 1. The number of piperidine rings is 2. The van der Waals surface area contributed by atoms with E-state index >= 15 is 0 Å². The predicted octanol–water partition coefficient (Wildman–Crippen LogP) is 3.34. The molecule has 3 heterocycles. The lowest BCUT2D eigenvalue weighted by atomic mass is 9.83. The maximum Gasteiger partial charge on any atom is 0.256 e. The van der Waals surface area contributed by atoms with E-state index in [1.165, 1.54) is 51.4 Å². The third-order valence-corrected chi connectivity index (χ3v) is 5.92. The van der Waals surface area contributed by atoms with Crippen LogP contribution in [0.25, 0.3) is 11.3 Å². The van der Waals surface area contributed by atoms with Crippen LogP contribution in [0.2, 0.25) is 0 Å². The molecule has 0 bridgehead atoms. The molecule has 2 saturated heterocycles. The molecule has 0 radical (unpaired) electrons. The van der Waals surface area contributed by atoms with E-state index in [0.717, 1.165) is 11.3 Å². The van der Waals surface area contributed by atoms with Gasteiger partial charge < -0.3 is 19.5 Å². The summed E-state index contributed by atoms with van der Waals surface area (Å²) < 4.78 is 10.5. The molecule has 27 heavy (non-hydrogen) atoms. The Bertz CT molecular complexity index is 769. The highest BCUT2D eigenvalue weighted by molar-refractivity contribution is 5.99. The number of rotatable bonds is 5. The first-order valence-corrected chi connectivity index (χ1v) is 9.87. The Morgan fingerprint density at radius 1 is 1.22 bits per heavy atom. The second-order valence-electron chi connectivity index (χ2n) is 7.51. The first-order chi connectivity index (χ1) is 13.3. The van der Waals surface area contributed by atoms with Gasteiger partial charge in [-0.1, -0.05) is 11.6 Å². The molecule has 2 atom stereocenters. The van der Waals surface area contributed by atoms with E-state index in [0.29, 0.717) is 29.8 Å². The molecule has 4 rings (SSSR count).